The molecular formula is C17H21N5O. The summed E-state index contributed by atoms with van der Waals surface area (Å²) in [6.45, 7) is 6.61. The van der Waals surface area contributed by atoms with Crippen molar-refractivity contribution in [3.8, 4) is 11.3 Å². The maximum atomic E-state index is 5.62. The van der Waals surface area contributed by atoms with Crippen molar-refractivity contribution in [2.45, 2.75) is 27.3 Å². The molecule has 0 spiro atoms. The van der Waals surface area contributed by atoms with E-state index in [4.69, 9.17) is 9.40 Å². The van der Waals surface area contributed by atoms with Crippen molar-refractivity contribution in [2.24, 2.45) is 7.05 Å². The molecule has 0 aromatic carbocycles. The van der Waals surface area contributed by atoms with Crippen LogP contribution in [0.2, 0.25) is 0 Å². The first-order chi connectivity index (χ1) is 11.0. The van der Waals surface area contributed by atoms with Crippen LogP contribution in [0.5, 0.6) is 0 Å². The maximum absolute atomic E-state index is 5.62. The van der Waals surface area contributed by atoms with Crippen molar-refractivity contribution in [1.82, 2.24) is 19.7 Å². The van der Waals surface area contributed by atoms with E-state index in [2.05, 4.69) is 10.1 Å². The highest BCUT2D eigenvalue weighted by molar-refractivity contribution is 5.65. The van der Waals surface area contributed by atoms with Crippen LogP contribution < -0.4 is 4.90 Å². The molecule has 6 heteroatoms. The zero-order chi connectivity index (χ0) is 16.6. The quantitative estimate of drug-likeness (QED) is 0.741. The molecule has 0 bridgehead atoms. The van der Waals surface area contributed by atoms with Gasteiger partial charge in [0.25, 0.3) is 0 Å². The van der Waals surface area contributed by atoms with E-state index < -0.39 is 0 Å². The highest BCUT2D eigenvalue weighted by atomic mass is 16.3. The van der Waals surface area contributed by atoms with Gasteiger partial charge in [0.1, 0.15) is 11.5 Å². The van der Waals surface area contributed by atoms with E-state index in [1.54, 1.807) is 6.20 Å². The Kier molecular flexibility index (Phi) is 3.90. The summed E-state index contributed by atoms with van der Waals surface area (Å²) in [6.07, 6.45) is 1.79. The average molecular weight is 311 g/mol. The van der Waals surface area contributed by atoms with Gasteiger partial charge in [-0.1, -0.05) is 0 Å². The van der Waals surface area contributed by atoms with Gasteiger partial charge in [-0.25, -0.2) is 9.97 Å². The van der Waals surface area contributed by atoms with Crippen LogP contribution in [0.25, 0.3) is 11.3 Å². The van der Waals surface area contributed by atoms with Gasteiger partial charge in [-0.2, -0.15) is 5.10 Å². The summed E-state index contributed by atoms with van der Waals surface area (Å²) in [5.74, 6) is 2.47. The van der Waals surface area contributed by atoms with Gasteiger partial charge in [-0.05, 0) is 39.0 Å². The molecule has 0 aliphatic rings. The lowest BCUT2D eigenvalue weighted by Gasteiger charge is -2.16. The first-order valence-electron chi connectivity index (χ1n) is 7.55. The summed E-state index contributed by atoms with van der Waals surface area (Å²) in [4.78, 5) is 11.1. The Hall–Kier alpha value is -2.63. The second-order valence-electron chi connectivity index (χ2n) is 5.78. The van der Waals surface area contributed by atoms with Crippen LogP contribution in [0, 0.1) is 20.8 Å². The van der Waals surface area contributed by atoms with E-state index in [1.165, 1.54) is 0 Å². The predicted octanol–water partition coefficient (Wildman–Crippen LogP) is 3.03. The molecule has 23 heavy (non-hydrogen) atoms. The molecule has 0 fully saturated rings. The largest absolute Gasteiger partial charge is 0.464 e. The van der Waals surface area contributed by atoms with E-state index in [1.807, 2.05) is 62.6 Å². The van der Waals surface area contributed by atoms with Gasteiger partial charge < -0.3 is 9.32 Å². The van der Waals surface area contributed by atoms with Crippen molar-refractivity contribution in [2.75, 3.05) is 11.9 Å². The normalized spacial score (nSPS) is 11.0. The lowest BCUT2D eigenvalue weighted by atomic mass is 10.1. The van der Waals surface area contributed by atoms with Gasteiger partial charge in [0, 0.05) is 31.5 Å². The minimum Gasteiger partial charge on any atom is -0.464 e. The molecule has 3 rings (SSSR count). The van der Waals surface area contributed by atoms with Crippen molar-refractivity contribution < 1.29 is 4.42 Å². The first-order valence-corrected chi connectivity index (χ1v) is 7.55. The van der Waals surface area contributed by atoms with Crippen LogP contribution in [-0.4, -0.2) is 26.8 Å². The standard InChI is InChI=1S/C17H21N5O/c1-11-6-7-14(23-11)10-21(4)17-18-9-8-15(19-17)16-12(2)20-22(5)13(16)3/h6-9H,10H2,1-5H3. The zero-order valence-electron chi connectivity index (χ0n) is 14.2. The van der Waals surface area contributed by atoms with Crippen LogP contribution in [0.3, 0.4) is 0 Å². The fourth-order valence-electron chi connectivity index (χ4n) is 2.69. The fourth-order valence-corrected chi connectivity index (χ4v) is 2.69. The number of nitrogens with zero attached hydrogens (tertiary/aromatic N) is 5. The van der Waals surface area contributed by atoms with Crippen molar-refractivity contribution in [3.05, 3.63) is 47.3 Å². The summed E-state index contributed by atoms with van der Waals surface area (Å²) < 4.78 is 7.50. The summed E-state index contributed by atoms with van der Waals surface area (Å²) >= 11 is 0. The van der Waals surface area contributed by atoms with E-state index in [0.717, 1.165) is 34.2 Å². The Balaban J connectivity index is 1.90. The number of hydrogen-bond donors (Lipinski definition) is 0. The molecule has 0 atom stereocenters. The third-order valence-electron chi connectivity index (χ3n) is 3.94. The van der Waals surface area contributed by atoms with Crippen LogP contribution in [0.4, 0.5) is 5.95 Å². The summed E-state index contributed by atoms with van der Waals surface area (Å²) in [5.41, 5.74) is 4.02. The Morgan fingerprint density at radius 1 is 1.17 bits per heavy atom. The molecule has 3 aromatic rings. The summed E-state index contributed by atoms with van der Waals surface area (Å²) in [6, 6.07) is 5.86. The molecule has 120 valence electrons. The smallest absolute Gasteiger partial charge is 0.226 e. The molecule has 0 aliphatic heterocycles. The number of anilines is 1. The van der Waals surface area contributed by atoms with Gasteiger partial charge in [0.2, 0.25) is 5.95 Å². The molecule has 0 unspecified atom stereocenters. The van der Waals surface area contributed by atoms with E-state index in [-0.39, 0.29) is 0 Å². The molecule has 0 saturated carbocycles. The number of aryl methyl sites for hydroxylation is 3. The van der Waals surface area contributed by atoms with Gasteiger partial charge in [0.15, 0.2) is 0 Å². The van der Waals surface area contributed by atoms with Gasteiger partial charge in [-0.15, -0.1) is 0 Å². The zero-order valence-corrected chi connectivity index (χ0v) is 14.2. The minimum absolute atomic E-state index is 0.627. The highest BCUT2D eigenvalue weighted by Gasteiger charge is 2.15. The van der Waals surface area contributed by atoms with E-state index in [0.29, 0.717) is 12.5 Å². The third-order valence-corrected chi connectivity index (χ3v) is 3.94. The molecular weight excluding hydrogens is 290 g/mol. The van der Waals surface area contributed by atoms with Gasteiger partial charge in [-0.3, -0.25) is 4.68 Å². The lowest BCUT2D eigenvalue weighted by Crippen LogP contribution is -2.18. The molecule has 0 amide bonds. The van der Waals surface area contributed by atoms with E-state index >= 15 is 0 Å². The van der Waals surface area contributed by atoms with E-state index in [9.17, 15) is 0 Å². The number of aromatic nitrogens is 4. The molecule has 0 N–H and O–H groups in total. The van der Waals surface area contributed by atoms with Crippen LogP contribution in [0.15, 0.2) is 28.8 Å². The van der Waals surface area contributed by atoms with Gasteiger partial charge >= 0.3 is 0 Å². The molecule has 3 heterocycles. The maximum Gasteiger partial charge on any atom is 0.226 e. The SMILES string of the molecule is Cc1ccc(CN(C)c2nccc(-c3c(C)nn(C)c3C)n2)o1. The third kappa shape index (κ3) is 2.97. The predicted molar refractivity (Wildman–Crippen MR) is 89.3 cm³/mol. The Morgan fingerprint density at radius 3 is 2.57 bits per heavy atom. The van der Waals surface area contributed by atoms with Crippen molar-refractivity contribution >= 4 is 5.95 Å². The average Bonchev–Trinajstić information content (AvgIpc) is 3.03. The molecule has 6 nitrogen and oxygen atoms in total. The lowest BCUT2D eigenvalue weighted by molar-refractivity contribution is 0.480. The van der Waals surface area contributed by atoms with Crippen molar-refractivity contribution in [3.63, 3.8) is 0 Å². The van der Waals surface area contributed by atoms with Gasteiger partial charge in [0.05, 0.1) is 17.9 Å². The van der Waals surface area contributed by atoms with Crippen molar-refractivity contribution in [1.29, 1.82) is 0 Å². The second kappa shape index (κ2) is 5.87. The Bertz CT molecular complexity index is 833. The summed E-state index contributed by atoms with van der Waals surface area (Å²) in [5, 5.41) is 4.46. The van der Waals surface area contributed by atoms with Crippen LogP contribution >= 0.6 is 0 Å². The first kappa shape index (κ1) is 15.3. The summed E-state index contributed by atoms with van der Waals surface area (Å²) in [7, 11) is 3.90. The second-order valence-corrected chi connectivity index (χ2v) is 5.78. The number of rotatable bonds is 4. The molecule has 0 aliphatic carbocycles. The monoisotopic (exact) mass is 311 g/mol. The minimum atomic E-state index is 0.627. The highest BCUT2D eigenvalue weighted by Crippen LogP contribution is 2.25. The number of hydrogen-bond acceptors (Lipinski definition) is 5. The topological polar surface area (TPSA) is 60.0 Å². The molecule has 0 radical (unpaired) electrons. The van der Waals surface area contributed by atoms with Crippen LogP contribution in [-0.2, 0) is 13.6 Å². The van der Waals surface area contributed by atoms with Crippen LogP contribution in [0.1, 0.15) is 22.9 Å². The molecule has 0 saturated heterocycles. The number of furan rings is 1. The Morgan fingerprint density at radius 2 is 1.96 bits per heavy atom. The fraction of sp³-hybridized carbons (Fsp3) is 0.353. The molecule has 3 aromatic heterocycles. The Labute approximate surface area is 135 Å².